The van der Waals surface area contributed by atoms with Crippen molar-refractivity contribution in [1.29, 1.82) is 5.26 Å². The van der Waals surface area contributed by atoms with Crippen molar-refractivity contribution >= 4 is 40.2 Å². The number of thioether (sulfide) groups is 1. The van der Waals surface area contributed by atoms with Gasteiger partial charge in [-0.05, 0) is 36.4 Å². The number of esters is 1. The zero-order chi connectivity index (χ0) is 21.8. The number of anilines is 1. The van der Waals surface area contributed by atoms with Crippen molar-refractivity contribution in [3.8, 4) is 17.6 Å². The Bertz CT molecular complexity index is 1200. The first-order valence-corrected chi connectivity index (χ1v) is 10.3. The van der Waals surface area contributed by atoms with Gasteiger partial charge in [0.1, 0.15) is 24.3 Å². The van der Waals surface area contributed by atoms with Crippen LogP contribution in [0.4, 0.5) is 5.69 Å². The Morgan fingerprint density at radius 1 is 1.16 bits per heavy atom. The Kier molecular flexibility index (Phi) is 5.91. The summed E-state index contributed by atoms with van der Waals surface area (Å²) in [5.74, 6) is 0.598. The maximum atomic E-state index is 12.3. The molecule has 0 saturated heterocycles. The standard InChI is InChI=1S/C22H17N3O5S/c1-28-22(27)13-2-4-16(5-3-13)24-20(26)12-31-21-15(11-23)8-14-9-18-19(10-17(14)25-21)30-7-6-29-18/h2-5,8-10H,6-7,12H2,1H3,(H,24,26). The molecule has 0 spiro atoms. The van der Waals surface area contributed by atoms with Crippen LogP contribution in [-0.4, -0.2) is 42.9 Å². The highest BCUT2D eigenvalue weighted by Crippen LogP contribution is 2.35. The number of carbonyl (C=O) groups excluding carboxylic acids is 2. The predicted molar refractivity (Wildman–Crippen MR) is 115 cm³/mol. The minimum Gasteiger partial charge on any atom is -0.486 e. The van der Waals surface area contributed by atoms with Crippen molar-refractivity contribution in [2.75, 3.05) is 31.4 Å². The number of fused-ring (bicyclic) bond motifs is 2. The van der Waals surface area contributed by atoms with Gasteiger partial charge in [0, 0.05) is 17.1 Å². The van der Waals surface area contributed by atoms with E-state index in [1.54, 1.807) is 42.5 Å². The van der Waals surface area contributed by atoms with E-state index in [9.17, 15) is 14.9 Å². The van der Waals surface area contributed by atoms with Crippen LogP contribution in [0.1, 0.15) is 15.9 Å². The lowest BCUT2D eigenvalue weighted by atomic mass is 10.1. The molecule has 1 aliphatic heterocycles. The molecule has 0 saturated carbocycles. The largest absolute Gasteiger partial charge is 0.486 e. The number of hydrogen-bond donors (Lipinski definition) is 1. The summed E-state index contributed by atoms with van der Waals surface area (Å²) in [6, 6.07) is 13.8. The van der Waals surface area contributed by atoms with Crippen molar-refractivity contribution in [1.82, 2.24) is 4.98 Å². The van der Waals surface area contributed by atoms with E-state index in [-0.39, 0.29) is 11.7 Å². The predicted octanol–water partition coefficient (Wildman–Crippen LogP) is 3.40. The minimum absolute atomic E-state index is 0.0660. The van der Waals surface area contributed by atoms with Crippen molar-refractivity contribution < 1.29 is 23.8 Å². The molecule has 0 radical (unpaired) electrons. The summed E-state index contributed by atoms with van der Waals surface area (Å²) < 4.78 is 15.8. The molecule has 1 N–H and O–H groups in total. The average molecular weight is 435 g/mol. The quantitative estimate of drug-likeness (QED) is 0.480. The number of methoxy groups -OCH3 is 1. The number of benzene rings is 2. The van der Waals surface area contributed by atoms with E-state index >= 15 is 0 Å². The molecule has 156 valence electrons. The number of pyridine rings is 1. The first-order chi connectivity index (χ1) is 15.1. The average Bonchev–Trinajstić information content (AvgIpc) is 2.80. The normalized spacial score (nSPS) is 12.1. The maximum Gasteiger partial charge on any atom is 0.337 e. The number of amides is 1. The molecule has 1 amide bonds. The van der Waals surface area contributed by atoms with E-state index in [1.165, 1.54) is 18.9 Å². The third kappa shape index (κ3) is 4.54. The molecule has 0 bridgehead atoms. The lowest BCUT2D eigenvalue weighted by Crippen LogP contribution is -2.15. The smallest absolute Gasteiger partial charge is 0.337 e. The van der Waals surface area contributed by atoms with E-state index < -0.39 is 5.97 Å². The second-order valence-corrected chi connectivity index (χ2v) is 7.51. The third-order valence-electron chi connectivity index (χ3n) is 4.49. The van der Waals surface area contributed by atoms with Crippen LogP contribution in [0, 0.1) is 11.3 Å². The molecule has 0 atom stereocenters. The summed E-state index contributed by atoms with van der Waals surface area (Å²) in [5, 5.41) is 13.5. The second-order valence-electron chi connectivity index (χ2n) is 6.55. The number of ether oxygens (including phenoxy) is 3. The summed E-state index contributed by atoms with van der Waals surface area (Å²) >= 11 is 1.17. The van der Waals surface area contributed by atoms with Crippen LogP contribution >= 0.6 is 11.8 Å². The van der Waals surface area contributed by atoms with Gasteiger partial charge in [0.2, 0.25) is 5.91 Å². The second kappa shape index (κ2) is 8.93. The molecule has 0 unspecified atom stereocenters. The number of nitriles is 1. The Morgan fingerprint density at radius 2 is 1.87 bits per heavy atom. The van der Waals surface area contributed by atoms with E-state index in [2.05, 4.69) is 21.1 Å². The Hall–Kier alpha value is -3.77. The van der Waals surface area contributed by atoms with Gasteiger partial charge in [-0.2, -0.15) is 5.26 Å². The van der Waals surface area contributed by atoms with Crippen molar-refractivity contribution in [3.63, 3.8) is 0 Å². The molecule has 2 aromatic carbocycles. The van der Waals surface area contributed by atoms with Gasteiger partial charge in [0.15, 0.2) is 11.5 Å². The summed E-state index contributed by atoms with van der Waals surface area (Å²) in [5.41, 5.74) is 1.98. The fourth-order valence-corrected chi connectivity index (χ4v) is 3.78. The lowest BCUT2D eigenvalue weighted by molar-refractivity contribution is -0.113. The lowest BCUT2D eigenvalue weighted by Gasteiger charge is -2.18. The molecule has 0 fully saturated rings. The number of nitrogens with zero attached hydrogens (tertiary/aromatic N) is 2. The summed E-state index contributed by atoms with van der Waals surface area (Å²) in [6.45, 7) is 0.947. The highest BCUT2D eigenvalue weighted by Gasteiger charge is 2.16. The third-order valence-corrected chi connectivity index (χ3v) is 5.49. The highest BCUT2D eigenvalue weighted by atomic mass is 32.2. The summed E-state index contributed by atoms with van der Waals surface area (Å²) in [4.78, 5) is 28.4. The molecule has 1 aromatic heterocycles. The topological polar surface area (TPSA) is 111 Å². The van der Waals surface area contributed by atoms with Gasteiger partial charge in [-0.1, -0.05) is 11.8 Å². The van der Waals surface area contributed by atoms with Crippen molar-refractivity contribution in [3.05, 3.63) is 53.6 Å². The van der Waals surface area contributed by atoms with E-state index in [0.717, 1.165) is 5.39 Å². The van der Waals surface area contributed by atoms with Gasteiger partial charge >= 0.3 is 5.97 Å². The van der Waals surface area contributed by atoms with Gasteiger partial charge < -0.3 is 19.5 Å². The molecule has 1 aliphatic rings. The number of rotatable bonds is 5. The molecule has 9 heteroatoms. The Balaban J connectivity index is 1.47. The molecular formula is C22H17N3O5S. The Morgan fingerprint density at radius 3 is 2.55 bits per heavy atom. The fourth-order valence-electron chi connectivity index (χ4n) is 3.02. The number of hydrogen-bond acceptors (Lipinski definition) is 8. The van der Waals surface area contributed by atoms with Crippen LogP contribution in [0.2, 0.25) is 0 Å². The first kappa shape index (κ1) is 20.5. The van der Waals surface area contributed by atoms with Gasteiger partial charge in [-0.25, -0.2) is 9.78 Å². The van der Waals surface area contributed by atoms with Gasteiger partial charge in [-0.15, -0.1) is 0 Å². The van der Waals surface area contributed by atoms with Crippen LogP contribution in [0.5, 0.6) is 11.5 Å². The molecule has 0 aliphatic carbocycles. The van der Waals surface area contributed by atoms with Crippen LogP contribution in [0.25, 0.3) is 10.9 Å². The fraction of sp³-hybridized carbons (Fsp3) is 0.182. The van der Waals surface area contributed by atoms with E-state index in [0.29, 0.717) is 52.1 Å². The van der Waals surface area contributed by atoms with E-state index in [4.69, 9.17) is 9.47 Å². The SMILES string of the molecule is COC(=O)c1ccc(NC(=O)CSc2nc3cc4c(cc3cc2C#N)OCCO4)cc1. The Labute approximate surface area is 182 Å². The number of carbonyl (C=O) groups is 2. The molecule has 31 heavy (non-hydrogen) atoms. The van der Waals surface area contributed by atoms with Gasteiger partial charge in [0.05, 0.1) is 29.5 Å². The van der Waals surface area contributed by atoms with Gasteiger partial charge in [0.25, 0.3) is 0 Å². The zero-order valence-electron chi connectivity index (χ0n) is 16.5. The summed E-state index contributed by atoms with van der Waals surface area (Å²) in [6.07, 6.45) is 0. The van der Waals surface area contributed by atoms with Gasteiger partial charge in [-0.3, -0.25) is 4.79 Å². The molecular weight excluding hydrogens is 418 g/mol. The molecule has 3 aromatic rings. The molecule has 4 rings (SSSR count). The van der Waals surface area contributed by atoms with Crippen LogP contribution in [0.15, 0.2) is 47.5 Å². The number of nitrogens with one attached hydrogen (secondary N) is 1. The van der Waals surface area contributed by atoms with Crippen LogP contribution in [-0.2, 0) is 9.53 Å². The highest BCUT2D eigenvalue weighted by molar-refractivity contribution is 8.00. The molecule has 8 nitrogen and oxygen atoms in total. The van der Waals surface area contributed by atoms with Crippen LogP contribution < -0.4 is 14.8 Å². The maximum absolute atomic E-state index is 12.3. The van der Waals surface area contributed by atoms with Crippen LogP contribution in [0.3, 0.4) is 0 Å². The van der Waals surface area contributed by atoms with Crippen molar-refractivity contribution in [2.45, 2.75) is 5.03 Å². The number of aromatic nitrogens is 1. The van der Waals surface area contributed by atoms with Crippen molar-refractivity contribution in [2.24, 2.45) is 0 Å². The minimum atomic E-state index is -0.446. The monoisotopic (exact) mass is 435 g/mol. The van der Waals surface area contributed by atoms with E-state index in [1.807, 2.05) is 0 Å². The summed E-state index contributed by atoms with van der Waals surface area (Å²) in [7, 11) is 1.31. The molecule has 2 heterocycles. The first-order valence-electron chi connectivity index (χ1n) is 9.33. The zero-order valence-corrected chi connectivity index (χ0v) is 17.3.